The number of nitrogens with zero attached hydrogens (tertiary/aromatic N) is 2. The minimum absolute atomic E-state index is 0.158. The van der Waals surface area contributed by atoms with Crippen molar-refractivity contribution in [3.8, 4) is 17.0 Å². The van der Waals surface area contributed by atoms with E-state index in [1.54, 1.807) is 25.4 Å². The van der Waals surface area contributed by atoms with E-state index >= 15 is 0 Å². The average Bonchev–Trinajstić information content (AvgIpc) is 2.82. The third-order valence-electron chi connectivity index (χ3n) is 5.97. The zero-order valence-electron chi connectivity index (χ0n) is 18.3. The van der Waals surface area contributed by atoms with E-state index < -0.39 is 0 Å². The number of anilines is 1. The van der Waals surface area contributed by atoms with E-state index in [2.05, 4.69) is 10.3 Å². The topological polar surface area (TPSA) is 64.1 Å². The van der Waals surface area contributed by atoms with Crippen molar-refractivity contribution < 1.29 is 13.9 Å². The number of hydrogen-bond donors (Lipinski definition) is 1. The van der Waals surface area contributed by atoms with Crippen LogP contribution in [0.1, 0.15) is 43.4 Å². The van der Waals surface area contributed by atoms with Gasteiger partial charge in [0.05, 0.1) is 31.1 Å². The normalized spacial score (nSPS) is 14.2. The molecule has 1 N–H and O–H groups in total. The van der Waals surface area contributed by atoms with Crippen molar-refractivity contribution in [2.45, 2.75) is 44.9 Å². The van der Waals surface area contributed by atoms with Crippen LogP contribution in [0.3, 0.4) is 0 Å². The number of ether oxygens (including phenoxy) is 1. The molecule has 0 saturated heterocycles. The SMILES string of the molecule is COc1ccc(-c2cnc(NC(=O)Cc3ccc(F)cc3)c(CC3CCCCC3)n2)cc1. The first-order valence-corrected chi connectivity index (χ1v) is 11.2. The van der Waals surface area contributed by atoms with Crippen LogP contribution in [0.25, 0.3) is 11.3 Å². The van der Waals surface area contributed by atoms with E-state index in [9.17, 15) is 9.18 Å². The predicted molar refractivity (Wildman–Crippen MR) is 123 cm³/mol. The number of carbonyl (C=O) groups excluding carboxylic acids is 1. The minimum Gasteiger partial charge on any atom is -0.497 e. The molecule has 2 aromatic carbocycles. The Morgan fingerprint density at radius 3 is 2.47 bits per heavy atom. The van der Waals surface area contributed by atoms with Crippen molar-refractivity contribution in [1.29, 1.82) is 0 Å². The molecule has 4 rings (SSSR count). The van der Waals surface area contributed by atoms with Crippen LogP contribution in [-0.4, -0.2) is 23.0 Å². The summed E-state index contributed by atoms with van der Waals surface area (Å²) in [5, 5.41) is 2.93. The average molecular weight is 434 g/mol. The van der Waals surface area contributed by atoms with Crippen LogP contribution in [0.2, 0.25) is 0 Å². The van der Waals surface area contributed by atoms with Crippen molar-refractivity contribution >= 4 is 11.7 Å². The van der Waals surface area contributed by atoms with Gasteiger partial charge in [0, 0.05) is 5.56 Å². The number of halogens is 1. The molecule has 0 unspecified atom stereocenters. The highest BCUT2D eigenvalue weighted by molar-refractivity contribution is 5.92. The molecule has 1 aliphatic rings. The highest BCUT2D eigenvalue weighted by Crippen LogP contribution is 2.29. The molecule has 1 fully saturated rings. The lowest BCUT2D eigenvalue weighted by Crippen LogP contribution is -2.19. The quantitative estimate of drug-likeness (QED) is 0.527. The lowest BCUT2D eigenvalue weighted by atomic mass is 9.86. The predicted octanol–water partition coefficient (Wildman–Crippen LogP) is 5.60. The Hall–Kier alpha value is -3.28. The van der Waals surface area contributed by atoms with Gasteiger partial charge >= 0.3 is 0 Å². The van der Waals surface area contributed by atoms with Crippen molar-refractivity contribution in [1.82, 2.24) is 9.97 Å². The second-order valence-corrected chi connectivity index (χ2v) is 8.34. The molecular formula is C26H28FN3O2. The highest BCUT2D eigenvalue weighted by atomic mass is 19.1. The van der Waals surface area contributed by atoms with Crippen LogP contribution in [-0.2, 0) is 17.6 Å². The number of hydrogen-bond acceptors (Lipinski definition) is 4. The highest BCUT2D eigenvalue weighted by Gasteiger charge is 2.19. The van der Waals surface area contributed by atoms with Crippen LogP contribution in [0.15, 0.2) is 54.7 Å². The third kappa shape index (κ3) is 5.69. The van der Waals surface area contributed by atoms with Gasteiger partial charge in [-0.2, -0.15) is 0 Å². The maximum Gasteiger partial charge on any atom is 0.229 e. The third-order valence-corrected chi connectivity index (χ3v) is 5.97. The number of carbonyl (C=O) groups is 1. The first-order valence-electron chi connectivity index (χ1n) is 11.2. The molecule has 1 saturated carbocycles. The number of nitrogens with one attached hydrogen (secondary N) is 1. The molecule has 0 bridgehead atoms. The van der Waals surface area contributed by atoms with Crippen LogP contribution in [0.5, 0.6) is 5.75 Å². The number of benzene rings is 2. The monoisotopic (exact) mass is 433 g/mol. The summed E-state index contributed by atoms with van der Waals surface area (Å²) in [6, 6.07) is 13.7. The largest absolute Gasteiger partial charge is 0.497 e. The summed E-state index contributed by atoms with van der Waals surface area (Å²) in [6.07, 6.45) is 8.77. The first kappa shape index (κ1) is 21.9. The van der Waals surface area contributed by atoms with Gasteiger partial charge in [-0.15, -0.1) is 0 Å². The fourth-order valence-corrected chi connectivity index (χ4v) is 4.20. The summed E-state index contributed by atoms with van der Waals surface area (Å²) < 4.78 is 18.4. The molecule has 0 spiro atoms. The summed E-state index contributed by atoms with van der Waals surface area (Å²) in [6.45, 7) is 0. The summed E-state index contributed by atoms with van der Waals surface area (Å²) in [5.41, 5.74) is 3.29. The molecule has 32 heavy (non-hydrogen) atoms. The van der Waals surface area contributed by atoms with Crippen molar-refractivity contribution in [2.24, 2.45) is 5.92 Å². The Bertz CT molecular complexity index is 1050. The van der Waals surface area contributed by atoms with Gasteiger partial charge in [0.2, 0.25) is 5.91 Å². The van der Waals surface area contributed by atoms with Gasteiger partial charge in [-0.3, -0.25) is 4.79 Å². The summed E-state index contributed by atoms with van der Waals surface area (Å²) >= 11 is 0. The second-order valence-electron chi connectivity index (χ2n) is 8.34. The minimum atomic E-state index is -0.316. The van der Waals surface area contributed by atoms with Gasteiger partial charge in [-0.05, 0) is 54.3 Å². The summed E-state index contributed by atoms with van der Waals surface area (Å²) in [5.74, 6) is 1.35. The summed E-state index contributed by atoms with van der Waals surface area (Å²) in [7, 11) is 1.64. The maximum atomic E-state index is 13.1. The molecule has 1 heterocycles. The van der Waals surface area contributed by atoms with E-state index in [1.807, 2.05) is 24.3 Å². The van der Waals surface area contributed by atoms with E-state index in [0.717, 1.165) is 34.7 Å². The van der Waals surface area contributed by atoms with Gasteiger partial charge < -0.3 is 10.1 Å². The smallest absolute Gasteiger partial charge is 0.229 e. The van der Waals surface area contributed by atoms with Crippen molar-refractivity contribution in [3.63, 3.8) is 0 Å². The molecule has 0 atom stereocenters. The molecule has 0 aliphatic heterocycles. The van der Waals surface area contributed by atoms with Crippen LogP contribution in [0.4, 0.5) is 10.2 Å². The number of amides is 1. The van der Waals surface area contributed by atoms with Gasteiger partial charge in [-0.1, -0.05) is 44.2 Å². The van der Waals surface area contributed by atoms with Gasteiger partial charge in [0.1, 0.15) is 11.6 Å². The molecule has 3 aromatic rings. The molecule has 1 aliphatic carbocycles. The Morgan fingerprint density at radius 2 is 1.78 bits per heavy atom. The van der Waals surface area contributed by atoms with E-state index in [4.69, 9.17) is 9.72 Å². The molecule has 6 heteroatoms. The molecule has 166 valence electrons. The fraction of sp³-hybridized carbons (Fsp3) is 0.346. The Balaban J connectivity index is 1.56. The molecule has 1 amide bonds. The number of methoxy groups -OCH3 is 1. The Labute approximate surface area is 188 Å². The fourth-order valence-electron chi connectivity index (χ4n) is 4.20. The molecule has 0 radical (unpaired) electrons. The van der Waals surface area contributed by atoms with Crippen LogP contribution < -0.4 is 10.1 Å². The standard InChI is InChI=1S/C26H28FN3O2/c1-32-22-13-9-20(10-14-22)24-17-28-26(23(29-24)15-18-5-3-2-4-6-18)30-25(31)16-19-7-11-21(27)12-8-19/h7-14,17-18H,2-6,15-16H2,1H3,(H,28,30,31). The lowest BCUT2D eigenvalue weighted by Gasteiger charge is -2.22. The molecule has 1 aromatic heterocycles. The molecule has 5 nitrogen and oxygen atoms in total. The number of rotatable bonds is 7. The zero-order valence-corrected chi connectivity index (χ0v) is 18.3. The number of aromatic nitrogens is 2. The first-order chi connectivity index (χ1) is 15.6. The van der Waals surface area contributed by atoms with E-state index in [-0.39, 0.29) is 18.1 Å². The second kappa shape index (κ2) is 10.4. The maximum absolute atomic E-state index is 13.1. The molecular weight excluding hydrogens is 405 g/mol. The van der Waals surface area contributed by atoms with Gasteiger partial charge in [0.25, 0.3) is 0 Å². The Morgan fingerprint density at radius 1 is 1.06 bits per heavy atom. The van der Waals surface area contributed by atoms with E-state index in [1.165, 1.54) is 44.2 Å². The van der Waals surface area contributed by atoms with Crippen LogP contribution in [0, 0.1) is 11.7 Å². The summed E-state index contributed by atoms with van der Waals surface area (Å²) in [4.78, 5) is 22.1. The van der Waals surface area contributed by atoms with Gasteiger partial charge in [0.15, 0.2) is 5.82 Å². The van der Waals surface area contributed by atoms with Crippen LogP contribution >= 0.6 is 0 Å². The van der Waals surface area contributed by atoms with Crippen molar-refractivity contribution in [3.05, 3.63) is 71.8 Å². The van der Waals surface area contributed by atoms with Gasteiger partial charge in [-0.25, -0.2) is 14.4 Å². The lowest BCUT2D eigenvalue weighted by molar-refractivity contribution is -0.115. The Kier molecular flexibility index (Phi) is 7.10. The van der Waals surface area contributed by atoms with Crippen molar-refractivity contribution in [2.75, 3.05) is 12.4 Å². The van der Waals surface area contributed by atoms with E-state index in [0.29, 0.717) is 11.7 Å². The zero-order chi connectivity index (χ0) is 22.3.